The molecule has 0 bridgehead atoms. The van der Waals surface area contributed by atoms with Gasteiger partial charge < -0.3 is 185 Å². The van der Waals surface area contributed by atoms with E-state index >= 15 is 0 Å². The van der Waals surface area contributed by atoms with Gasteiger partial charge in [-0.2, -0.15) is 0 Å². The lowest BCUT2D eigenvalue weighted by atomic mass is 9.86. The highest BCUT2D eigenvalue weighted by Gasteiger charge is 2.64. The van der Waals surface area contributed by atoms with Crippen LogP contribution in [0, 0.1) is 5.92 Å². The molecule has 24 N–H and O–H groups in total. The van der Waals surface area contributed by atoms with E-state index in [1.807, 2.05) is 0 Å². The molecular formula is C81H143N3O39. The molecule has 34 atom stereocenters. The topological polar surface area (TPSA) is 674 Å². The Morgan fingerprint density at radius 1 is 0.431 bits per heavy atom. The molecule has 0 spiro atoms. The van der Waals surface area contributed by atoms with Crippen molar-refractivity contribution in [1.82, 2.24) is 16.0 Å². The van der Waals surface area contributed by atoms with E-state index < -0.39 is 308 Å². The molecule has 0 radical (unpaired) electrons. The summed E-state index contributed by atoms with van der Waals surface area (Å²) < 4.78 is 72.5. The van der Waals surface area contributed by atoms with E-state index in [-0.39, 0.29) is 12.8 Å². The fraction of sp³-hybridized carbons (Fsp3) is 0.926. The van der Waals surface area contributed by atoms with Crippen LogP contribution in [0.25, 0.3) is 0 Å². The van der Waals surface area contributed by atoms with Crippen molar-refractivity contribution in [1.29, 1.82) is 0 Å². The Morgan fingerprint density at radius 3 is 1.34 bits per heavy atom. The third-order valence-electron chi connectivity index (χ3n) is 23.7. The van der Waals surface area contributed by atoms with Gasteiger partial charge in [-0.3, -0.25) is 14.4 Å². The van der Waals surface area contributed by atoms with Crippen molar-refractivity contribution >= 4 is 35.4 Å². The summed E-state index contributed by atoms with van der Waals surface area (Å²) in [5.41, 5.74) is 0. The number of carboxylic acids is 2. The van der Waals surface area contributed by atoms with Crippen molar-refractivity contribution in [3.05, 3.63) is 0 Å². The second-order valence-electron chi connectivity index (χ2n) is 33.5. The van der Waals surface area contributed by atoms with Crippen molar-refractivity contribution in [2.24, 2.45) is 5.92 Å². The second-order valence-corrected chi connectivity index (χ2v) is 33.5. The number of rotatable bonds is 57. The van der Waals surface area contributed by atoms with Crippen LogP contribution in [0.15, 0.2) is 0 Å². The standard InChI is InChI=1S/C81H143N3O39/c1-6-8-10-12-14-16-18-19-21-22-24-26-28-30-47(94)46(84-56(98)31-29-27-25-23-20-17-15-13-11-9-7-2)41-112-75-66(106)64(104)69(54(39-89)115-75)118-77-67(107)73(70(55(40-90)116-77)119-74-45(32-42(3)91)68(61(101)52(37-87)113-74)117-76-65(105)63(103)60(100)51(36-86)114-76)123-81(79(110)111)34-49(96)58(83-44(5)93)72(122-81)62(102)53(38-88)120-80(78(108)109)33-48(95)57(82-43(4)92)71(121-80)59(99)50(97)35-85/h45-55,57-77,85-90,94-97,99-107H,6-41H2,1-5H3,(H,82,92)(H,83,93)(H,84,98)(H,108,109)(H,110,111)/t45-,46+,47-,48+,49+,50-,51-,52-,53-,54-,55-,57-,58-,59-,60+,61+,62-,63+,64-,65-,66-,67-,68-,69-,70+,71?,72?,73-,74+,75-,76+,77+,80-,81+/m1/s1. The number of ketones is 1. The number of aliphatic hydroxyl groups excluding tert-OH is 19. The SMILES string of the molecule is CCCCCCCCCCCCCCC[C@@H](O)[C@H](CO[C@@H]1O[C@H](CO)[C@@H](O[C@@H]2O[C@H](CO)[C@H](O[C@@H]3O[C@H](CO)[C@H](O)[C@H](O[C@@H]4O[C@H](CO)[C@H](O)[C@H](O)[C@H]4O)[C@H]3CC(C)=O)[C@H](O[C@]3(C(=O)O)C[C@H](O)[C@@H](NC(C)=O)C([C@H](O)[C@@H](CO)O[C@]4(C(=O)O)C[C@H](O)[C@@H](NC(C)=O)C([C@H](O)[C@H](O)CO)O4)O3)[C@H]2O)[C@H](O)[C@H]1O)NC(=O)CCCCCCCCCCCCC. The maximum absolute atomic E-state index is 14.4. The van der Waals surface area contributed by atoms with Gasteiger partial charge in [-0.05, 0) is 19.8 Å². The van der Waals surface area contributed by atoms with E-state index in [1.165, 1.54) is 64.2 Å². The number of unbranched alkanes of at least 4 members (excludes halogenated alkanes) is 22. The third-order valence-corrected chi connectivity index (χ3v) is 23.7. The van der Waals surface area contributed by atoms with Crippen LogP contribution in [0.3, 0.4) is 0 Å². The fourth-order valence-electron chi connectivity index (χ4n) is 16.7. The van der Waals surface area contributed by atoms with Gasteiger partial charge in [-0.1, -0.05) is 162 Å². The van der Waals surface area contributed by atoms with E-state index in [0.29, 0.717) is 12.8 Å². The predicted molar refractivity (Wildman–Crippen MR) is 423 cm³/mol. The number of amides is 3. The highest BCUT2D eigenvalue weighted by molar-refractivity contribution is 5.78. The number of Topliss-reactive ketones (excluding diaryl/α,β-unsaturated/α-hetero) is 1. The Bertz CT molecular complexity index is 3070. The number of carbonyl (C=O) groups is 6. The first kappa shape index (κ1) is 108. The smallest absolute Gasteiger partial charge is 0.364 e. The molecule has 0 aliphatic carbocycles. The Hall–Kier alpha value is -4.22. The molecule has 3 amide bonds. The average molecular weight is 1780 g/mol. The first-order valence-corrected chi connectivity index (χ1v) is 43.8. The van der Waals surface area contributed by atoms with Crippen LogP contribution < -0.4 is 16.0 Å². The molecule has 42 heteroatoms. The van der Waals surface area contributed by atoms with E-state index in [9.17, 15) is 136 Å². The summed E-state index contributed by atoms with van der Waals surface area (Å²) in [4.78, 5) is 80.4. The molecule has 0 aromatic heterocycles. The van der Waals surface area contributed by atoms with Crippen LogP contribution in [0.4, 0.5) is 0 Å². The molecule has 716 valence electrons. The monoisotopic (exact) mass is 1780 g/mol. The lowest BCUT2D eigenvalue weighted by Crippen LogP contribution is -2.72. The number of hydrogen-bond donors (Lipinski definition) is 24. The molecule has 2 unspecified atom stereocenters. The van der Waals surface area contributed by atoms with Gasteiger partial charge in [-0.15, -0.1) is 0 Å². The van der Waals surface area contributed by atoms with Crippen LogP contribution in [0.5, 0.6) is 0 Å². The highest BCUT2D eigenvalue weighted by atomic mass is 16.8. The van der Waals surface area contributed by atoms with E-state index in [4.69, 9.17) is 56.8 Å². The maximum atomic E-state index is 14.4. The van der Waals surface area contributed by atoms with Gasteiger partial charge in [0.1, 0.15) is 128 Å². The first-order chi connectivity index (χ1) is 58.6. The number of nitrogens with one attached hydrogen (secondary N) is 3. The molecular weight excluding hydrogens is 1640 g/mol. The number of carboxylic acid groups (broad SMARTS) is 2. The van der Waals surface area contributed by atoms with Crippen molar-refractivity contribution in [2.45, 2.75) is 422 Å². The number of ether oxygens (including phenoxy) is 12. The van der Waals surface area contributed by atoms with Crippen LogP contribution in [0.2, 0.25) is 0 Å². The van der Waals surface area contributed by atoms with Crippen molar-refractivity contribution in [3.63, 3.8) is 0 Å². The molecule has 123 heavy (non-hydrogen) atoms. The highest BCUT2D eigenvalue weighted by Crippen LogP contribution is 2.44. The zero-order valence-electron chi connectivity index (χ0n) is 71.2. The van der Waals surface area contributed by atoms with Gasteiger partial charge in [0.25, 0.3) is 11.6 Å². The van der Waals surface area contributed by atoms with Crippen molar-refractivity contribution < 1.29 is 193 Å². The second kappa shape index (κ2) is 53.8. The Balaban J connectivity index is 1.35. The van der Waals surface area contributed by atoms with Crippen LogP contribution in [-0.2, 0) is 85.6 Å². The summed E-state index contributed by atoms with van der Waals surface area (Å²) in [5, 5.41) is 245. The van der Waals surface area contributed by atoms with Crippen LogP contribution in [0.1, 0.15) is 221 Å². The molecule has 6 saturated heterocycles. The van der Waals surface area contributed by atoms with Crippen molar-refractivity contribution in [2.75, 3.05) is 46.2 Å². The quantitative estimate of drug-likeness (QED) is 0.0257. The number of carbonyl (C=O) groups excluding carboxylic acids is 4. The maximum Gasteiger partial charge on any atom is 0.364 e. The van der Waals surface area contributed by atoms with Crippen LogP contribution >= 0.6 is 0 Å². The Kier molecular flexibility index (Phi) is 47.0. The minimum Gasteiger partial charge on any atom is -0.477 e. The zero-order chi connectivity index (χ0) is 91.0. The van der Waals surface area contributed by atoms with Gasteiger partial charge >= 0.3 is 11.9 Å². The first-order valence-electron chi connectivity index (χ1n) is 43.8. The fourth-order valence-corrected chi connectivity index (χ4v) is 16.7. The molecule has 0 aromatic rings. The van der Waals surface area contributed by atoms with E-state index in [2.05, 4.69) is 29.8 Å². The number of hydrogen-bond acceptors (Lipinski definition) is 37. The lowest BCUT2D eigenvalue weighted by molar-refractivity contribution is -0.407. The van der Waals surface area contributed by atoms with E-state index in [1.54, 1.807) is 0 Å². The summed E-state index contributed by atoms with van der Waals surface area (Å²) in [6.07, 6.45) is -39.0. The summed E-state index contributed by atoms with van der Waals surface area (Å²) in [7, 11) is 0. The Labute approximate surface area is 716 Å². The molecule has 42 nitrogen and oxygen atoms in total. The largest absolute Gasteiger partial charge is 0.477 e. The van der Waals surface area contributed by atoms with Crippen molar-refractivity contribution in [3.8, 4) is 0 Å². The summed E-state index contributed by atoms with van der Waals surface area (Å²) in [6, 6.07) is -5.00. The summed E-state index contributed by atoms with van der Waals surface area (Å²) in [6.45, 7) is -0.751. The van der Waals surface area contributed by atoms with Crippen LogP contribution in [-0.4, -0.2) is 390 Å². The van der Waals surface area contributed by atoms with Gasteiger partial charge in [0.05, 0.1) is 88.8 Å². The predicted octanol–water partition coefficient (Wildman–Crippen LogP) is -4.11. The number of aliphatic hydroxyl groups is 19. The zero-order valence-corrected chi connectivity index (χ0v) is 71.2. The van der Waals surface area contributed by atoms with Gasteiger partial charge in [-0.25, -0.2) is 9.59 Å². The molecule has 6 fully saturated rings. The molecule has 6 aliphatic heterocycles. The minimum atomic E-state index is -3.67. The average Bonchev–Trinajstić information content (AvgIpc) is 0.749. The lowest BCUT2D eigenvalue weighted by Gasteiger charge is -2.53. The molecule has 0 saturated carbocycles. The molecule has 6 aliphatic rings. The molecule has 6 heterocycles. The normalized spacial score (nSPS) is 35.8. The third kappa shape index (κ3) is 30.7. The minimum absolute atomic E-state index is 0.111. The Morgan fingerprint density at radius 2 is 0.854 bits per heavy atom. The summed E-state index contributed by atoms with van der Waals surface area (Å²) in [5.74, 6) is -16.5. The van der Waals surface area contributed by atoms with Gasteiger partial charge in [0.2, 0.25) is 17.7 Å². The molecule has 6 rings (SSSR count). The molecule has 0 aromatic carbocycles. The number of aliphatic carboxylic acids is 2. The van der Waals surface area contributed by atoms with E-state index in [0.717, 1.165) is 97.8 Å². The van der Waals surface area contributed by atoms with Gasteiger partial charge in [0, 0.05) is 45.4 Å². The summed E-state index contributed by atoms with van der Waals surface area (Å²) >= 11 is 0. The van der Waals surface area contributed by atoms with Gasteiger partial charge in [0.15, 0.2) is 25.2 Å².